The van der Waals surface area contributed by atoms with E-state index in [9.17, 15) is 0 Å². The molecule has 0 radical (unpaired) electrons. The van der Waals surface area contributed by atoms with E-state index in [-0.39, 0.29) is 0 Å². The summed E-state index contributed by atoms with van der Waals surface area (Å²) in [6.45, 7) is 0. The largest absolute Gasteiger partial charge is 0.493 e. The van der Waals surface area contributed by atoms with Crippen LogP contribution >= 0.6 is 39.3 Å². The van der Waals surface area contributed by atoms with Crippen LogP contribution in [-0.2, 0) is 12.8 Å². The summed E-state index contributed by atoms with van der Waals surface area (Å²) >= 11 is 11.2. The third-order valence-electron chi connectivity index (χ3n) is 3.86. The van der Waals surface area contributed by atoms with Crippen molar-refractivity contribution >= 4 is 39.3 Å². The molecule has 0 unspecified atom stereocenters. The minimum atomic E-state index is 0.686. The maximum absolute atomic E-state index is 5.95. The maximum atomic E-state index is 5.95. The minimum Gasteiger partial charge on any atom is -0.493 e. The lowest BCUT2D eigenvalue weighted by molar-refractivity contribution is 0.353. The molecule has 2 aromatic carbocycles. The summed E-state index contributed by atoms with van der Waals surface area (Å²) in [4.78, 5) is 0. The standard InChI is InChI=1S/C18H17BrClN3O2S/c1-23-17(11-4-7-13(20)8-5-11)21-22-18(23)26-10-12-6-9-14(24-2)16(25-3)15(12)19/h4-9H,10H2,1-3H3. The number of rotatable bonds is 6. The highest BCUT2D eigenvalue weighted by atomic mass is 79.9. The molecule has 1 heterocycles. The average molecular weight is 455 g/mol. The number of thioether (sulfide) groups is 1. The second-order valence-corrected chi connectivity index (χ2v) is 7.61. The summed E-state index contributed by atoms with van der Waals surface area (Å²) in [5, 5.41) is 10.1. The SMILES string of the molecule is COc1ccc(CSc2nnc(-c3ccc(Cl)cc3)n2C)c(Br)c1OC. The van der Waals surface area contributed by atoms with Gasteiger partial charge in [-0.15, -0.1) is 10.2 Å². The molecule has 0 spiro atoms. The van der Waals surface area contributed by atoms with Gasteiger partial charge < -0.3 is 14.0 Å². The first-order valence-electron chi connectivity index (χ1n) is 7.72. The number of halogens is 2. The molecule has 0 N–H and O–H groups in total. The van der Waals surface area contributed by atoms with Crippen LogP contribution in [0.15, 0.2) is 46.0 Å². The molecule has 0 saturated carbocycles. The van der Waals surface area contributed by atoms with E-state index in [1.165, 1.54) is 0 Å². The van der Waals surface area contributed by atoms with Gasteiger partial charge in [-0.05, 0) is 51.8 Å². The zero-order chi connectivity index (χ0) is 18.7. The van der Waals surface area contributed by atoms with Crippen molar-refractivity contribution < 1.29 is 9.47 Å². The van der Waals surface area contributed by atoms with Gasteiger partial charge in [0.1, 0.15) is 0 Å². The molecule has 0 aliphatic heterocycles. The summed E-state index contributed by atoms with van der Waals surface area (Å²) in [5.41, 5.74) is 2.06. The van der Waals surface area contributed by atoms with Crippen LogP contribution < -0.4 is 9.47 Å². The van der Waals surface area contributed by atoms with E-state index >= 15 is 0 Å². The van der Waals surface area contributed by atoms with E-state index < -0.39 is 0 Å². The first-order valence-corrected chi connectivity index (χ1v) is 9.88. The van der Waals surface area contributed by atoms with E-state index in [1.807, 2.05) is 48.0 Å². The fourth-order valence-electron chi connectivity index (χ4n) is 2.47. The smallest absolute Gasteiger partial charge is 0.191 e. The Hall–Kier alpha value is -1.70. The van der Waals surface area contributed by atoms with Crippen LogP contribution in [0.3, 0.4) is 0 Å². The summed E-state index contributed by atoms with van der Waals surface area (Å²) in [5.74, 6) is 2.89. The van der Waals surface area contributed by atoms with Gasteiger partial charge in [0.15, 0.2) is 22.5 Å². The second kappa shape index (κ2) is 8.33. The molecular weight excluding hydrogens is 438 g/mol. The van der Waals surface area contributed by atoms with Gasteiger partial charge in [0.05, 0.1) is 18.7 Å². The fourth-order valence-corrected chi connectivity index (χ4v) is 4.32. The van der Waals surface area contributed by atoms with Gasteiger partial charge in [0.25, 0.3) is 0 Å². The van der Waals surface area contributed by atoms with Crippen molar-refractivity contribution in [2.45, 2.75) is 10.9 Å². The second-order valence-electron chi connectivity index (χ2n) is 5.43. The molecule has 3 aromatic rings. The Balaban J connectivity index is 1.80. The Kier molecular flexibility index (Phi) is 6.11. The van der Waals surface area contributed by atoms with Crippen molar-refractivity contribution in [1.82, 2.24) is 14.8 Å². The molecule has 0 saturated heterocycles. The first kappa shape index (κ1) is 19.1. The number of nitrogens with zero attached hydrogens (tertiary/aromatic N) is 3. The van der Waals surface area contributed by atoms with Crippen molar-refractivity contribution in [2.24, 2.45) is 7.05 Å². The van der Waals surface area contributed by atoms with Crippen LogP contribution in [-0.4, -0.2) is 29.0 Å². The third kappa shape index (κ3) is 3.84. The molecule has 0 aliphatic rings. The predicted octanol–water partition coefficient (Wildman–Crippen LogP) is 5.21. The number of methoxy groups -OCH3 is 2. The van der Waals surface area contributed by atoms with Crippen molar-refractivity contribution in [2.75, 3.05) is 14.2 Å². The third-order valence-corrected chi connectivity index (χ3v) is 6.05. The monoisotopic (exact) mass is 453 g/mol. The summed E-state index contributed by atoms with van der Waals surface area (Å²) in [7, 11) is 5.20. The molecule has 8 heteroatoms. The number of hydrogen-bond acceptors (Lipinski definition) is 5. The number of benzene rings is 2. The fraction of sp³-hybridized carbons (Fsp3) is 0.222. The highest BCUT2D eigenvalue weighted by Gasteiger charge is 2.15. The van der Waals surface area contributed by atoms with Crippen molar-refractivity contribution in [3.63, 3.8) is 0 Å². The molecule has 3 rings (SSSR count). The zero-order valence-corrected chi connectivity index (χ0v) is 17.7. The van der Waals surface area contributed by atoms with Gasteiger partial charge in [-0.1, -0.05) is 29.4 Å². The summed E-state index contributed by atoms with van der Waals surface area (Å²) in [6, 6.07) is 11.5. The van der Waals surface area contributed by atoms with E-state index in [0.29, 0.717) is 22.3 Å². The minimum absolute atomic E-state index is 0.686. The Morgan fingerprint density at radius 3 is 2.46 bits per heavy atom. The Bertz CT molecular complexity index is 916. The lowest BCUT2D eigenvalue weighted by Crippen LogP contribution is -1.97. The molecule has 136 valence electrons. The normalized spacial score (nSPS) is 10.8. The molecule has 1 aromatic heterocycles. The van der Waals surface area contributed by atoms with Gasteiger partial charge in [0, 0.05) is 23.4 Å². The van der Waals surface area contributed by atoms with Gasteiger partial charge in [-0.3, -0.25) is 0 Å². The molecular formula is C18H17BrClN3O2S. The molecule has 0 amide bonds. The van der Waals surface area contributed by atoms with Crippen LogP contribution in [0, 0.1) is 0 Å². The average Bonchev–Trinajstić information content (AvgIpc) is 3.01. The van der Waals surface area contributed by atoms with Crippen molar-refractivity contribution in [1.29, 1.82) is 0 Å². The van der Waals surface area contributed by atoms with E-state index in [1.54, 1.807) is 26.0 Å². The van der Waals surface area contributed by atoms with Crippen LogP contribution in [0.25, 0.3) is 11.4 Å². The van der Waals surface area contributed by atoms with Crippen LogP contribution in [0.4, 0.5) is 0 Å². The van der Waals surface area contributed by atoms with Gasteiger partial charge in [-0.2, -0.15) is 0 Å². The number of ether oxygens (including phenoxy) is 2. The Labute approximate surface area is 169 Å². The number of hydrogen-bond donors (Lipinski definition) is 0. The topological polar surface area (TPSA) is 49.2 Å². The van der Waals surface area contributed by atoms with Gasteiger partial charge >= 0.3 is 0 Å². The van der Waals surface area contributed by atoms with Crippen molar-refractivity contribution in [3.8, 4) is 22.9 Å². The molecule has 0 atom stereocenters. The summed E-state index contributed by atoms with van der Waals surface area (Å²) in [6.07, 6.45) is 0. The van der Waals surface area contributed by atoms with E-state index in [2.05, 4.69) is 26.1 Å². The lowest BCUT2D eigenvalue weighted by Gasteiger charge is -2.12. The van der Waals surface area contributed by atoms with Crippen LogP contribution in [0.5, 0.6) is 11.5 Å². The first-order chi connectivity index (χ1) is 12.5. The number of aromatic nitrogens is 3. The van der Waals surface area contributed by atoms with Gasteiger partial charge in [-0.25, -0.2) is 0 Å². The van der Waals surface area contributed by atoms with Crippen LogP contribution in [0.2, 0.25) is 5.02 Å². The Morgan fingerprint density at radius 2 is 1.81 bits per heavy atom. The quantitative estimate of drug-likeness (QED) is 0.479. The van der Waals surface area contributed by atoms with E-state index in [4.69, 9.17) is 21.1 Å². The van der Waals surface area contributed by atoms with E-state index in [0.717, 1.165) is 26.6 Å². The molecule has 0 aliphatic carbocycles. The molecule has 0 fully saturated rings. The highest BCUT2D eigenvalue weighted by molar-refractivity contribution is 9.10. The predicted molar refractivity (Wildman–Crippen MR) is 108 cm³/mol. The van der Waals surface area contributed by atoms with Gasteiger partial charge in [0.2, 0.25) is 0 Å². The maximum Gasteiger partial charge on any atom is 0.191 e. The lowest BCUT2D eigenvalue weighted by atomic mass is 10.2. The Morgan fingerprint density at radius 1 is 1.08 bits per heavy atom. The molecule has 26 heavy (non-hydrogen) atoms. The van der Waals surface area contributed by atoms with Crippen molar-refractivity contribution in [3.05, 3.63) is 51.5 Å². The molecule has 0 bridgehead atoms. The molecule has 5 nitrogen and oxygen atoms in total. The van der Waals surface area contributed by atoms with Crippen LogP contribution in [0.1, 0.15) is 5.56 Å². The zero-order valence-electron chi connectivity index (χ0n) is 14.5. The summed E-state index contributed by atoms with van der Waals surface area (Å²) < 4.78 is 13.6. The highest BCUT2D eigenvalue weighted by Crippen LogP contribution is 2.39.